The highest BCUT2D eigenvalue weighted by atomic mass is 16.6. The largest absolute Gasteiger partial charge is 0.368 e. The number of hydrogen-bond donors (Lipinski definition) is 0. The maximum absolute atomic E-state index is 10.7. The van der Waals surface area contributed by atoms with Gasteiger partial charge in [0.25, 0.3) is 0 Å². The van der Waals surface area contributed by atoms with Crippen molar-refractivity contribution in [2.45, 2.75) is 57.5 Å². The minimum atomic E-state index is -0.462. The van der Waals surface area contributed by atoms with Crippen molar-refractivity contribution in [2.75, 3.05) is 13.2 Å². The van der Waals surface area contributed by atoms with Crippen LogP contribution in [0.5, 0.6) is 0 Å². The Morgan fingerprint density at radius 2 is 1.87 bits per heavy atom. The van der Waals surface area contributed by atoms with Crippen molar-refractivity contribution in [2.24, 2.45) is 0 Å². The van der Waals surface area contributed by atoms with Crippen LogP contribution in [0.1, 0.15) is 51.9 Å². The summed E-state index contributed by atoms with van der Waals surface area (Å²) in [4.78, 5) is 10.5. The number of ether oxygens (including phenoxy) is 1. The van der Waals surface area contributed by atoms with Crippen molar-refractivity contribution in [1.82, 2.24) is 0 Å². The van der Waals surface area contributed by atoms with Gasteiger partial charge in [0.1, 0.15) is 5.60 Å². The molecule has 1 saturated carbocycles. The van der Waals surface area contributed by atoms with E-state index in [1.165, 1.54) is 12.8 Å². The summed E-state index contributed by atoms with van der Waals surface area (Å²) < 4.78 is 5.77. The summed E-state index contributed by atoms with van der Waals surface area (Å²) in [6.45, 7) is 2.66. The Morgan fingerprint density at radius 3 is 2.33 bits per heavy atom. The van der Waals surface area contributed by atoms with Gasteiger partial charge in [0.15, 0.2) is 0 Å². The van der Waals surface area contributed by atoms with E-state index in [4.69, 9.17) is 4.74 Å². The third kappa shape index (κ3) is 4.16. The molecule has 1 aliphatic carbocycles. The Hall–Kier alpha value is -0.640. The summed E-state index contributed by atoms with van der Waals surface area (Å²) in [6, 6.07) is 0. The molecule has 4 nitrogen and oxygen atoms in total. The molecule has 15 heavy (non-hydrogen) atoms. The minimum Gasteiger partial charge on any atom is -0.368 e. The highest BCUT2D eigenvalue weighted by molar-refractivity contribution is 4.82. The van der Waals surface area contributed by atoms with Crippen LogP contribution in [-0.4, -0.2) is 23.7 Å². The van der Waals surface area contributed by atoms with Gasteiger partial charge in [0, 0.05) is 11.5 Å². The van der Waals surface area contributed by atoms with Gasteiger partial charge in [-0.25, -0.2) is 0 Å². The zero-order chi connectivity index (χ0) is 11.1. The van der Waals surface area contributed by atoms with Crippen LogP contribution < -0.4 is 0 Å². The molecular formula is C11H21NO3. The number of rotatable bonds is 5. The molecule has 0 saturated heterocycles. The first kappa shape index (κ1) is 12.4. The molecule has 4 heteroatoms. The van der Waals surface area contributed by atoms with E-state index < -0.39 is 5.60 Å². The second-order valence-corrected chi connectivity index (χ2v) is 4.44. The number of nitro groups is 1. The normalized spacial score (nSPS) is 20.9. The van der Waals surface area contributed by atoms with Gasteiger partial charge >= 0.3 is 0 Å². The van der Waals surface area contributed by atoms with E-state index >= 15 is 0 Å². The molecule has 0 bridgehead atoms. The highest BCUT2D eigenvalue weighted by Crippen LogP contribution is 2.30. The molecule has 0 aliphatic heterocycles. The fourth-order valence-electron chi connectivity index (χ4n) is 2.27. The first-order valence-corrected chi connectivity index (χ1v) is 5.94. The molecule has 0 radical (unpaired) electrons. The Kier molecular flexibility index (Phi) is 5.02. The van der Waals surface area contributed by atoms with Crippen LogP contribution in [0.25, 0.3) is 0 Å². The van der Waals surface area contributed by atoms with E-state index in [-0.39, 0.29) is 11.5 Å². The molecule has 1 fully saturated rings. The van der Waals surface area contributed by atoms with E-state index in [0.29, 0.717) is 6.61 Å². The van der Waals surface area contributed by atoms with Gasteiger partial charge in [-0.05, 0) is 19.3 Å². The van der Waals surface area contributed by atoms with Crippen LogP contribution >= 0.6 is 0 Å². The van der Waals surface area contributed by atoms with Gasteiger partial charge in [0.05, 0.1) is 0 Å². The Bertz CT molecular complexity index is 198. The van der Waals surface area contributed by atoms with Gasteiger partial charge in [-0.3, -0.25) is 10.1 Å². The maximum Gasteiger partial charge on any atom is 0.232 e. The van der Waals surface area contributed by atoms with Gasteiger partial charge in [-0.1, -0.05) is 32.6 Å². The summed E-state index contributed by atoms with van der Waals surface area (Å²) in [6.07, 6.45) is 7.15. The molecule has 0 amide bonds. The molecule has 0 spiro atoms. The molecular weight excluding hydrogens is 194 g/mol. The summed E-state index contributed by atoms with van der Waals surface area (Å²) in [5.41, 5.74) is -0.462. The molecule has 1 rings (SSSR count). The molecule has 0 aromatic carbocycles. The van der Waals surface area contributed by atoms with Gasteiger partial charge in [-0.2, -0.15) is 0 Å². The summed E-state index contributed by atoms with van der Waals surface area (Å²) in [7, 11) is 0. The average Bonchev–Trinajstić information content (AvgIpc) is 2.40. The first-order chi connectivity index (χ1) is 7.18. The SMILES string of the molecule is CCCOC1(C[N+](=O)[O-])CCCCCC1. The van der Waals surface area contributed by atoms with Crippen molar-refractivity contribution in [3.63, 3.8) is 0 Å². The topological polar surface area (TPSA) is 52.4 Å². The van der Waals surface area contributed by atoms with Crippen molar-refractivity contribution >= 4 is 0 Å². The lowest BCUT2D eigenvalue weighted by molar-refractivity contribution is -0.503. The molecule has 0 N–H and O–H groups in total. The summed E-state index contributed by atoms with van der Waals surface area (Å²) in [5, 5.41) is 10.7. The smallest absolute Gasteiger partial charge is 0.232 e. The van der Waals surface area contributed by atoms with E-state index in [0.717, 1.165) is 32.1 Å². The van der Waals surface area contributed by atoms with Crippen LogP contribution in [0.2, 0.25) is 0 Å². The molecule has 0 atom stereocenters. The van der Waals surface area contributed by atoms with Gasteiger partial charge < -0.3 is 4.74 Å². The van der Waals surface area contributed by atoms with Gasteiger partial charge in [0.2, 0.25) is 6.54 Å². The average molecular weight is 215 g/mol. The predicted molar refractivity (Wildman–Crippen MR) is 58.5 cm³/mol. The van der Waals surface area contributed by atoms with E-state index in [1.807, 2.05) is 6.92 Å². The number of hydrogen-bond acceptors (Lipinski definition) is 3. The monoisotopic (exact) mass is 215 g/mol. The second-order valence-electron chi connectivity index (χ2n) is 4.44. The molecule has 0 unspecified atom stereocenters. The van der Waals surface area contributed by atoms with Crippen molar-refractivity contribution in [3.05, 3.63) is 10.1 Å². The van der Waals surface area contributed by atoms with Crippen molar-refractivity contribution in [3.8, 4) is 0 Å². The standard InChI is InChI=1S/C11H21NO3/c1-2-9-15-11(10-12(13)14)7-5-3-4-6-8-11/h2-10H2,1H3. The fourth-order valence-corrected chi connectivity index (χ4v) is 2.27. The summed E-state index contributed by atoms with van der Waals surface area (Å²) >= 11 is 0. The number of nitrogens with zero attached hydrogens (tertiary/aromatic N) is 1. The minimum absolute atomic E-state index is 0.0208. The third-order valence-electron chi connectivity index (χ3n) is 3.04. The summed E-state index contributed by atoms with van der Waals surface area (Å²) in [5.74, 6) is 0. The Balaban J connectivity index is 2.59. The van der Waals surface area contributed by atoms with E-state index in [2.05, 4.69) is 0 Å². The fraction of sp³-hybridized carbons (Fsp3) is 1.00. The highest BCUT2D eigenvalue weighted by Gasteiger charge is 2.36. The molecule has 0 aromatic heterocycles. The lowest BCUT2D eigenvalue weighted by Crippen LogP contribution is -2.40. The molecule has 88 valence electrons. The second kappa shape index (κ2) is 6.05. The molecule has 1 aliphatic rings. The van der Waals surface area contributed by atoms with Crippen LogP contribution in [0, 0.1) is 10.1 Å². The van der Waals surface area contributed by atoms with E-state index in [1.54, 1.807) is 0 Å². The lowest BCUT2D eigenvalue weighted by Gasteiger charge is -2.28. The Labute approximate surface area is 91.1 Å². The van der Waals surface area contributed by atoms with Crippen LogP contribution in [0.15, 0.2) is 0 Å². The molecule has 0 heterocycles. The van der Waals surface area contributed by atoms with Gasteiger partial charge in [-0.15, -0.1) is 0 Å². The first-order valence-electron chi connectivity index (χ1n) is 5.94. The van der Waals surface area contributed by atoms with Crippen LogP contribution in [-0.2, 0) is 4.74 Å². The van der Waals surface area contributed by atoms with Crippen molar-refractivity contribution in [1.29, 1.82) is 0 Å². The molecule has 0 aromatic rings. The van der Waals surface area contributed by atoms with Crippen molar-refractivity contribution < 1.29 is 9.66 Å². The third-order valence-corrected chi connectivity index (χ3v) is 3.04. The zero-order valence-electron chi connectivity index (χ0n) is 9.54. The quantitative estimate of drug-likeness (QED) is 0.402. The van der Waals surface area contributed by atoms with Crippen LogP contribution in [0.3, 0.4) is 0 Å². The van der Waals surface area contributed by atoms with Crippen LogP contribution in [0.4, 0.5) is 0 Å². The Morgan fingerprint density at radius 1 is 1.27 bits per heavy atom. The predicted octanol–water partition coefficient (Wildman–Crippen LogP) is 2.78. The van der Waals surface area contributed by atoms with E-state index in [9.17, 15) is 10.1 Å². The lowest BCUT2D eigenvalue weighted by atomic mass is 9.94. The zero-order valence-corrected chi connectivity index (χ0v) is 9.54. The maximum atomic E-state index is 10.7.